The summed E-state index contributed by atoms with van der Waals surface area (Å²) in [5.41, 5.74) is 1.04. The fourth-order valence-electron chi connectivity index (χ4n) is 2.98. The van der Waals surface area contributed by atoms with Gasteiger partial charge in [0.05, 0.1) is 12.2 Å². The van der Waals surface area contributed by atoms with Crippen molar-refractivity contribution in [3.8, 4) is 0 Å². The third-order valence-corrected chi connectivity index (χ3v) is 4.02. The number of rotatable bonds is 1. The van der Waals surface area contributed by atoms with Gasteiger partial charge in [-0.05, 0) is 13.0 Å². The molecule has 0 aromatic heterocycles. The van der Waals surface area contributed by atoms with E-state index in [2.05, 4.69) is 0 Å². The molecule has 20 heavy (non-hydrogen) atoms. The van der Waals surface area contributed by atoms with Crippen molar-refractivity contribution in [2.24, 2.45) is 0 Å². The molecule has 0 aliphatic carbocycles. The molecule has 1 aromatic rings. The first kappa shape index (κ1) is 13.0. The van der Waals surface area contributed by atoms with Gasteiger partial charge in [-0.25, -0.2) is 9.59 Å². The van der Waals surface area contributed by atoms with Crippen LogP contribution < -0.4 is 0 Å². The van der Waals surface area contributed by atoms with Crippen molar-refractivity contribution in [3.63, 3.8) is 0 Å². The number of ether oxygens (including phenoxy) is 2. The van der Waals surface area contributed by atoms with E-state index in [1.807, 2.05) is 18.2 Å². The lowest BCUT2D eigenvalue weighted by atomic mass is 9.84. The number of likely N-dealkylation sites (tertiary alicyclic amines) is 1. The fourth-order valence-corrected chi connectivity index (χ4v) is 2.98. The minimum atomic E-state index is -0.559. The van der Waals surface area contributed by atoms with Gasteiger partial charge in [-0.3, -0.25) is 0 Å². The van der Waals surface area contributed by atoms with Crippen LogP contribution in [0.1, 0.15) is 35.7 Å². The van der Waals surface area contributed by atoms with Gasteiger partial charge >= 0.3 is 12.1 Å². The number of carbonyl (C=O) groups is 2. The Kier molecular flexibility index (Phi) is 3.12. The number of esters is 1. The summed E-state index contributed by atoms with van der Waals surface area (Å²) in [4.78, 5) is 25.3. The normalized spacial score (nSPS) is 19.6. The first-order valence-corrected chi connectivity index (χ1v) is 6.91. The Balaban J connectivity index is 1.78. The summed E-state index contributed by atoms with van der Waals surface area (Å²) in [7, 11) is 0. The number of amides is 1. The molecule has 1 spiro atoms. The quantitative estimate of drug-likeness (QED) is 0.738. The standard InChI is InChI=1S/C15H17NO4/c1-2-19-14(18)16-9-7-15(8-10-16)12-6-4-3-5-11(12)13(17)20-15/h3-6H,2,7-10H2,1H3. The van der Waals surface area contributed by atoms with Gasteiger partial charge in [-0.1, -0.05) is 18.2 Å². The lowest BCUT2D eigenvalue weighted by Gasteiger charge is -2.37. The Bertz CT molecular complexity index is 547. The van der Waals surface area contributed by atoms with Crippen LogP contribution in [0, 0.1) is 0 Å². The molecule has 1 aromatic carbocycles. The number of carbonyl (C=O) groups excluding carboxylic acids is 2. The number of fused-ring (bicyclic) bond motifs is 2. The first-order chi connectivity index (χ1) is 9.66. The second-order valence-electron chi connectivity index (χ2n) is 5.12. The molecule has 0 atom stereocenters. The molecule has 1 fully saturated rings. The molecule has 0 radical (unpaired) electrons. The second-order valence-corrected chi connectivity index (χ2v) is 5.12. The van der Waals surface area contributed by atoms with E-state index in [4.69, 9.17) is 9.47 Å². The van der Waals surface area contributed by atoms with Gasteiger partial charge in [0.15, 0.2) is 0 Å². The first-order valence-electron chi connectivity index (χ1n) is 6.91. The molecule has 1 amide bonds. The molecule has 2 aliphatic rings. The molecule has 0 unspecified atom stereocenters. The van der Waals surface area contributed by atoms with Gasteiger partial charge in [0.1, 0.15) is 5.60 Å². The van der Waals surface area contributed by atoms with E-state index in [1.165, 1.54) is 0 Å². The second kappa shape index (κ2) is 4.81. The van der Waals surface area contributed by atoms with Gasteiger partial charge in [0.25, 0.3) is 0 Å². The molecule has 5 heteroatoms. The van der Waals surface area contributed by atoms with Crippen molar-refractivity contribution in [1.82, 2.24) is 4.90 Å². The van der Waals surface area contributed by atoms with Crippen LogP contribution in [-0.2, 0) is 15.1 Å². The molecule has 3 rings (SSSR count). The maximum absolute atomic E-state index is 11.9. The van der Waals surface area contributed by atoms with Gasteiger partial charge in [-0.15, -0.1) is 0 Å². The number of benzene rings is 1. The summed E-state index contributed by atoms with van der Waals surface area (Å²) < 4.78 is 10.6. The summed E-state index contributed by atoms with van der Waals surface area (Å²) in [6, 6.07) is 7.50. The third kappa shape index (κ3) is 1.94. The van der Waals surface area contributed by atoms with Crippen molar-refractivity contribution in [1.29, 1.82) is 0 Å². The largest absolute Gasteiger partial charge is 0.450 e. The van der Waals surface area contributed by atoms with Crippen LogP contribution in [0.5, 0.6) is 0 Å². The van der Waals surface area contributed by atoms with E-state index in [1.54, 1.807) is 17.9 Å². The Morgan fingerprint density at radius 1 is 1.35 bits per heavy atom. The summed E-state index contributed by atoms with van der Waals surface area (Å²) in [5, 5.41) is 0. The average Bonchev–Trinajstić information content (AvgIpc) is 2.74. The van der Waals surface area contributed by atoms with E-state index in [0.717, 1.165) is 5.56 Å². The summed E-state index contributed by atoms with van der Waals surface area (Å²) in [6.07, 6.45) is 0.948. The predicted molar refractivity (Wildman–Crippen MR) is 71.4 cm³/mol. The van der Waals surface area contributed by atoms with Crippen molar-refractivity contribution in [2.45, 2.75) is 25.4 Å². The van der Waals surface area contributed by atoms with Crippen molar-refractivity contribution in [3.05, 3.63) is 35.4 Å². The van der Waals surface area contributed by atoms with Crippen LogP contribution in [0.3, 0.4) is 0 Å². The molecule has 5 nitrogen and oxygen atoms in total. The number of piperidine rings is 1. The van der Waals surface area contributed by atoms with Crippen LogP contribution in [0.2, 0.25) is 0 Å². The molecular weight excluding hydrogens is 258 g/mol. The van der Waals surface area contributed by atoms with Crippen LogP contribution in [0.15, 0.2) is 24.3 Å². The SMILES string of the molecule is CCOC(=O)N1CCC2(CC1)OC(=O)c1ccccc12. The van der Waals surface area contributed by atoms with Crippen LogP contribution >= 0.6 is 0 Å². The smallest absolute Gasteiger partial charge is 0.409 e. The van der Waals surface area contributed by atoms with E-state index in [9.17, 15) is 9.59 Å². The van der Waals surface area contributed by atoms with Crippen LogP contribution in [0.25, 0.3) is 0 Å². The minimum absolute atomic E-state index is 0.259. The summed E-state index contributed by atoms with van der Waals surface area (Å²) in [6.45, 7) is 3.25. The highest BCUT2D eigenvalue weighted by Crippen LogP contribution is 2.43. The van der Waals surface area contributed by atoms with Gasteiger partial charge in [0.2, 0.25) is 0 Å². The Morgan fingerprint density at radius 2 is 2.05 bits per heavy atom. The van der Waals surface area contributed by atoms with Gasteiger partial charge < -0.3 is 14.4 Å². The Hall–Kier alpha value is -2.04. The van der Waals surface area contributed by atoms with Crippen molar-refractivity contribution < 1.29 is 19.1 Å². The van der Waals surface area contributed by atoms with Gasteiger partial charge in [-0.2, -0.15) is 0 Å². The lowest BCUT2D eigenvalue weighted by molar-refractivity contribution is -0.0410. The molecule has 2 aliphatic heterocycles. The topological polar surface area (TPSA) is 55.8 Å². The molecule has 0 saturated carbocycles. The Morgan fingerprint density at radius 3 is 2.75 bits per heavy atom. The number of nitrogens with zero attached hydrogens (tertiary/aromatic N) is 1. The molecule has 2 heterocycles. The predicted octanol–water partition coefficient (Wildman–Crippen LogP) is 2.30. The number of hydrogen-bond acceptors (Lipinski definition) is 4. The highest BCUT2D eigenvalue weighted by atomic mass is 16.6. The van der Waals surface area contributed by atoms with Crippen LogP contribution in [0.4, 0.5) is 4.79 Å². The number of hydrogen-bond donors (Lipinski definition) is 0. The zero-order valence-corrected chi connectivity index (χ0v) is 11.4. The monoisotopic (exact) mass is 275 g/mol. The zero-order valence-electron chi connectivity index (χ0n) is 11.4. The van der Waals surface area contributed by atoms with E-state index in [0.29, 0.717) is 38.1 Å². The lowest BCUT2D eigenvalue weighted by Crippen LogP contribution is -2.45. The summed E-state index contributed by atoms with van der Waals surface area (Å²) >= 11 is 0. The fraction of sp³-hybridized carbons (Fsp3) is 0.467. The molecule has 0 N–H and O–H groups in total. The average molecular weight is 275 g/mol. The Labute approximate surface area is 117 Å². The minimum Gasteiger partial charge on any atom is -0.450 e. The van der Waals surface area contributed by atoms with Crippen molar-refractivity contribution >= 4 is 12.1 Å². The maximum Gasteiger partial charge on any atom is 0.409 e. The van der Waals surface area contributed by atoms with Crippen LogP contribution in [-0.4, -0.2) is 36.7 Å². The van der Waals surface area contributed by atoms with Crippen molar-refractivity contribution in [2.75, 3.05) is 19.7 Å². The molecule has 1 saturated heterocycles. The highest BCUT2D eigenvalue weighted by molar-refractivity contribution is 5.94. The molecular formula is C15H17NO4. The maximum atomic E-state index is 11.9. The zero-order chi connectivity index (χ0) is 14.2. The van der Waals surface area contributed by atoms with E-state index in [-0.39, 0.29) is 12.1 Å². The van der Waals surface area contributed by atoms with Gasteiger partial charge in [0, 0.05) is 31.5 Å². The summed E-state index contributed by atoms with van der Waals surface area (Å²) in [5.74, 6) is -0.259. The highest BCUT2D eigenvalue weighted by Gasteiger charge is 2.47. The third-order valence-electron chi connectivity index (χ3n) is 4.02. The molecule has 0 bridgehead atoms. The molecule has 106 valence electrons. The van der Waals surface area contributed by atoms with E-state index < -0.39 is 5.60 Å². The van der Waals surface area contributed by atoms with E-state index >= 15 is 0 Å².